The number of piperidine rings is 1. The largest absolute Gasteiger partial charge is 0.315 e. The van der Waals surface area contributed by atoms with Gasteiger partial charge in [-0.25, -0.2) is 0 Å². The maximum atomic E-state index is 3.68. The Labute approximate surface area is 119 Å². The van der Waals surface area contributed by atoms with Crippen molar-refractivity contribution in [3.05, 3.63) is 34.3 Å². The second-order valence-electron chi connectivity index (χ2n) is 5.03. The molecule has 18 heavy (non-hydrogen) atoms. The van der Waals surface area contributed by atoms with Crippen LogP contribution < -0.4 is 5.32 Å². The highest BCUT2D eigenvalue weighted by Crippen LogP contribution is 2.29. The zero-order valence-corrected chi connectivity index (χ0v) is 12.9. The first-order valence-electron chi connectivity index (χ1n) is 6.95. The lowest BCUT2D eigenvalue weighted by Crippen LogP contribution is -2.46. The van der Waals surface area contributed by atoms with Crippen molar-refractivity contribution in [1.29, 1.82) is 0 Å². The van der Waals surface area contributed by atoms with Gasteiger partial charge in [-0.1, -0.05) is 41.1 Å². The second kappa shape index (κ2) is 6.69. The zero-order valence-electron chi connectivity index (χ0n) is 11.3. The number of likely N-dealkylation sites (N-methyl/N-ethyl adjacent to an activating group) is 1. The number of hydrogen-bond donors (Lipinski definition) is 1. The smallest absolute Gasteiger partial charge is 0.0334 e. The first kappa shape index (κ1) is 14.0. The molecule has 0 aromatic heterocycles. The van der Waals surface area contributed by atoms with Gasteiger partial charge in [0.1, 0.15) is 0 Å². The topological polar surface area (TPSA) is 15.3 Å². The number of rotatable bonds is 4. The minimum atomic E-state index is 0.468. The molecule has 1 aliphatic heterocycles. The van der Waals surface area contributed by atoms with Crippen LogP contribution in [0.4, 0.5) is 0 Å². The van der Waals surface area contributed by atoms with Crippen LogP contribution in [0.1, 0.15) is 38.3 Å². The Hall–Kier alpha value is -0.380. The molecule has 0 aliphatic carbocycles. The van der Waals surface area contributed by atoms with Gasteiger partial charge in [-0.05, 0) is 44.5 Å². The summed E-state index contributed by atoms with van der Waals surface area (Å²) in [5, 5.41) is 3.52. The highest BCUT2D eigenvalue weighted by atomic mass is 79.9. The molecule has 2 rings (SSSR count). The van der Waals surface area contributed by atoms with Crippen LogP contribution >= 0.6 is 15.9 Å². The first-order valence-corrected chi connectivity index (χ1v) is 7.74. The molecule has 2 atom stereocenters. The van der Waals surface area contributed by atoms with Crippen LogP contribution in [0.15, 0.2) is 28.7 Å². The first-order chi connectivity index (χ1) is 8.74. The van der Waals surface area contributed by atoms with E-state index in [0.29, 0.717) is 12.1 Å². The molecule has 1 aromatic rings. The molecule has 100 valence electrons. The third-order valence-electron chi connectivity index (χ3n) is 3.96. The lowest BCUT2D eigenvalue weighted by atomic mass is 10.0. The molecular formula is C15H23BrN2. The quantitative estimate of drug-likeness (QED) is 0.914. The van der Waals surface area contributed by atoms with Gasteiger partial charge in [-0.2, -0.15) is 0 Å². The summed E-state index contributed by atoms with van der Waals surface area (Å²) >= 11 is 3.68. The summed E-state index contributed by atoms with van der Waals surface area (Å²) < 4.78 is 1.22. The Morgan fingerprint density at radius 1 is 1.44 bits per heavy atom. The van der Waals surface area contributed by atoms with Crippen molar-refractivity contribution < 1.29 is 0 Å². The molecule has 1 heterocycles. The van der Waals surface area contributed by atoms with E-state index in [1.165, 1.54) is 29.4 Å². The number of hydrogen-bond acceptors (Lipinski definition) is 2. The van der Waals surface area contributed by atoms with Crippen LogP contribution in [0.5, 0.6) is 0 Å². The number of nitrogens with one attached hydrogen (secondary N) is 1. The van der Waals surface area contributed by atoms with Gasteiger partial charge in [0.25, 0.3) is 0 Å². The minimum Gasteiger partial charge on any atom is -0.315 e. The van der Waals surface area contributed by atoms with Crippen molar-refractivity contribution in [2.24, 2.45) is 0 Å². The van der Waals surface area contributed by atoms with Crippen LogP contribution in [0, 0.1) is 0 Å². The zero-order chi connectivity index (χ0) is 13.0. The van der Waals surface area contributed by atoms with Gasteiger partial charge < -0.3 is 5.32 Å². The minimum absolute atomic E-state index is 0.468. The van der Waals surface area contributed by atoms with Crippen LogP contribution in [0.25, 0.3) is 0 Å². The van der Waals surface area contributed by atoms with Gasteiger partial charge in [0, 0.05) is 23.1 Å². The molecule has 1 aliphatic rings. The predicted molar refractivity (Wildman–Crippen MR) is 80.8 cm³/mol. The summed E-state index contributed by atoms with van der Waals surface area (Å²) in [6.45, 7) is 8.00. The summed E-state index contributed by atoms with van der Waals surface area (Å²) in [5.74, 6) is 0. The molecule has 0 radical (unpaired) electrons. The highest BCUT2D eigenvalue weighted by molar-refractivity contribution is 9.10. The van der Waals surface area contributed by atoms with Crippen molar-refractivity contribution in [3.8, 4) is 0 Å². The van der Waals surface area contributed by atoms with E-state index in [-0.39, 0.29) is 0 Å². The number of benzene rings is 1. The maximum Gasteiger partial charge on any atom is 0.0334 e. The van der Waals surface area contributed by atoms with E-state index in [0.717, 1.165) is 13.1 Å². The Bertz CT molecular complexity index is 375. The number of nitrogens with zero attached hydrogens (tertiary/aromatic N) is 1. The summed E-state index contributed by atoms with van der Waals surface area (Å²) in [6.07, 6.45) is 2.61. The normalized spacial score (nSPS) is 22.1. The predicted octanol–water partition coefficient (Wildman–Crippen LogP) is 3.58. The van der Waals surface area contributed by atoms with E-state index in [4.69, 9.17) is 0 Å². The van der Waals surface area contributed by atoms with Crippen LogP contribution in [0.2, 0.25) is 0 Å². The SMILES string of the molecule is CCN(C1CCCNC1)C(C)c1ccccc1Br. The van der Waals surface area contributed by atoms with Crippen molar-refractivity contribution in [2.75, 3.05) is 19.6 Å². The lowest BCUT2D eigenvalue weighted by Gasteiger charge is -2.38. The average Bonchev–Trinajstić information content (AvgIpc) is 2.41. The Kier molecular flexibility index (Phi) is 5.22. The third-order valence-corrected chi connectivity index (χ3v) is 4.68. The van der Waals surface area contributed by atoms with Crippen molar-refractivity contribution in [3.63, 3.8) is 0 Å². The molecule has 1 N–H and O–H groups in total. The van der Waals surface area contributed by atoms with Crippen LogP contribution in [0.3, 0.4) is 0 Å². The van der Waals surface area contributed by atoms with Gasteiger partial charge >= 0.3 is 0 Å². The summed E-state index contributed by atoms with van der Waals surface area (Å²) in [4.78, 5) is 2.62. The van der Waals surface area contributed by atoms with Crippen molar-refractivity contribution >= 4 is 15.9 Å². The maximum absolute atomic E-state index is 3.68. The molecule has 1 fully saturated rings. The lowest BCUT2D eigenvalue weighted by molar-refractivity contribution is 0.127. The Balaban J connectivity index is 2.14. The van der Waals surface area contributed by atoms with E-state index in [9.17, 15) is 0 Å². The Morgan fingerprint density at radius 2 is 2.22 bits per heavy atom. The van der Waals surface area contributed by atoms with E-state index < -0.39 is 0 Å². The Morgan fingerprint density at radius 3 is 2.83 bits per heavy atom. The van der Waals surface area contributed by atoms with E-state index >= 15 is 0 Å². The van der Waals surface area contributed by atoms with Crippen LogP contribution in [-0.2, 0) is 0 Å². The molecule has 3 heteroatoms. The fraction of sp³-hybridized carbons (Fsp3) is 0.600. The summed E-state index contributed by atoms with van der Waals surface area (Å²) in [6, 6.07) is 9.72. The second-order valence-corrected chi connectivity index (χ2v) is 5.88. The summed E-state index contributed by atoms with van der Waals surface area (Å²) in [7, 11) is 0. The van der Waals surface area contributed by atoms with Gasteiger partial charge in [0.15, 0.2) is 0 Å². The molecule has 1 aromatic carbocycles. The van der Waals surface area contributed by atoms with Gasteiger partial charge in [0.05, 0.1) is 0 Å². The van der Waals surface area contributed by atoms with Gasteiger partial charge in [-0.15, -0.1) is 0 Å². The third kappa shape index (κ3) is 3.14. The molecule has 2 unspecified atom stereocenters. The van der Waals surface area contributed by atoms with Crippen molar-refractivity contribution in [1.82, 2.24) is 10.2 Å². The highest BCUT2D eigenvalue weighted by Gasteiger charge is 2.25. The van der Waals surface area contributed by atoms with Crippen LogP contribution in [-0.4, -0.2) is 30.6 Å². The number of halogens is 1. The van der Waals surface area contributed by atoms with E-state index in [1.807, 2.05) is 0 Å². The molecular weight excluding hydrogens is 288 g/mol. The molecule has 0 spiro atoms. The fourth-order valence-corrected chi connectivity index (χ4v) is 3.57. The summed E-state index contributed by atoms with van der Waals surface area (Å²) in [5.41, 5.74) is 1.39. The molecule has 0 amide bonds. The standard InChI is InChI=1S/C15H23BrN2/c1-3-18(13-7-6-10-17-11-13)12(2)14-8-4-5-9-15(14)16/h4-5,8-9,12-13,17H,3,6-7,10-11H2,1-2H3. The monoisotopic (exact) mass is 310 g/mol. The van der Waals surface area contributed by atoms with Gasteiger partial charge in [-0.3, -0.25) is 4.90 Å². The average molecular weight is 311 g/mol. The fourth-order valence-electron chi connectivity index (χ4n) is 2.96. The van der Waals surface area contributed by atoms with Gasteiger partial charge in [0.2, 0.25) is 0 Å². The molecule has 0 bridgehead atoms. The molecule has 1 saturated heterocycles. The van der Waals surface area contributed by atoms with Crippen molar-refractivity contribution in [2.45, 2.75) is 38.8 Å². The molecule has 0 saturated carbocycles. The molecule has 2 nitrogen and oxygen atoms in total. The van der Waals surface area contributed by atoms with E-state index in [2.05, 4.69) is 64.3 Å². The van der Waals surface area contributed by atoms with E-state index in [1.54, 1.807) is 0 Å².